The fourth-order valence-electron chi connectivity index (χ4n) is 3.14. The van der Waals surface area contributed by atoms with E-state index in [2.05, 4.69) is 5.32 Å². The van der Waals surface area contributed by atoms with Gasteiger partial charge in [-0.3, -0.25) is 9.59 Å². The molecule has 0 unspecified atom stereocenters. The number of hydrogen-bond acceptors (Lipinski definition) is 3. The number of amides is 2. The number of carbonyl (C=O) groups excluding carboxylic acids is 2. The number of primary amides is 1. The Kier molecular flexibility index (Phi) is 6.00. The number of carbonyl (C=O) groups is 2. The van der Waals surface area contributed by atoms with Crippen molar-refractivity contribution in [1.29, 1.82) is 0 Å². The summed E-state index contributed by atoms with van der Waals surface area (Å²) in [6, 6.07) is 0. The van der Waals surface area contributed by atoms with E-state index in [1.54, 1.807) is 11.3 Å². The van der Waals surface area contributed by atoms with Gasteiger partial charge in [-0.05, 0) is 44.1 Å². The van der Waals surface area contributed by atoms with Gasteiger partial charge < -0.3 is 11.1 Å². The van der Waals surface area contributed by atoms with Crippen LogP contribution in [0.15, 0.2) is 0 Å². The number of hydrogen-bond donors (Lipinski definition) is 2. The smallest absolute Gasteiger partial charge is 0.251 e. The van der Waals surface area contributed by atoms with Gasteiger partial charge in [0.05, 0.1) is 5.56 Å². The first kappa shape index (κ1) is 17.0. The quantitative estimate of drug-likeness (QED) is 0.863. The van der Waals surface area contributed by atoms with Crippen LogP contribution in [-0.2, 0) is 17.6 Å². The maximum absolute atomic E-state index is 12.3. The average Bonchev–Trinajstić information content (AvgIpc) is 2.77. The molecule has 2 rings (SSSR count). The van der Waals surface area contributed by atoms with Crippen LogP contribution in [0.5, 0.6) is 0 Å². The van der Waals surface area contributed by atoms with E-state index in [0.717, 1.165) is 44.1 Å². The number of fused-ring (bicyclic) bond motifs is 1. The van der Waals surface area contributed by atoms with Gasteiger partial charge in [0.1, 0.15) is 5.00 Å². The summed E-state index contributed by atoms with van der Waals surface area (Å²) in [5, 5.41) is 3.63. The van der Waals surface area contributed by atoms with E-state index in [9.17, 15) is 9.59 Å². The Hall–Kier alpha value is -1.36. The zero-order valence-corrected chi connectivity index (χ0v) is 14.4. The van der Waals surface area contributed by atoms with E-state index >= 15 is 0 Å². The number of anilines is 1. The molecule has 0 bridgehead atoms. The van der Waals surface area contributed by atoms with E-state index < -0.39 is 5.91 Å². The lowest BCUT2D eigenvalue weighted by atomic mass is 9.96. The molecule has 1 aliphatic carbocycles. The summed E-state index contributed by atoms with van der Waals surface area (Å²) in [4.78, 5) is 25.5. The second kappa shape index (κ2) is 7.77. The Morgan fingerprint density at radius 1 is 1.14 bits per heavy atom. The maximum Gasteiger partial charge on any atom is 0.251 e. The van der Waals surface area contributed by atoms with Gasteiger partial charge >= 0.3 is 0 Å². The van der Waals surface area contributed by atoms with Crippen LogP contribution in [0.4, 0.5) is 5.00 Å². The SMILES string of the molecule is CCC(CC)C(=O)Nc1sc2c(c1C(N)=O)CCCCCC2. The molecule has 1 aliphatic rings. The van der Waals surface area contributed by atoms with Crippen molar-refractivity contribution in [2.45, 2.75) is 65.2 Å². The van der Waals surface area contributed by atoms with Crippen LogP contribution in [0.3, 0.4) is 0 Å². The summed E-state index contributed by atoms with van der Waals surface area (Å²) in [5.74, 6) is -0.426. The first-order valence-corrected chi connectivity index (χ1v) is 9.15. The van der Waals surface area contributed by atoms with Crippen LogP contribution >= 0.6 is 11.3 Å². The highest BCUT2D eigenvalue weighted by Crippen LogP contribution is 2.37. The largest absolute Gasteiger partial charge is 0.365 e. The minimum Gasteiger partial charge on any atom is -0.365 e. The van der Waals surface area contributed by atoms with Crippen LogP contribution in [0, 0.1) is 5.92 Å². The summed E-state index contributed by atoms with van der Waals surface area (Å²) >= 11 is 1.55. The van der Waals surface area contributed by atoms with Crippen LogP contribution in [0.25, 0.3) is 0 Å². The Balaban J connectivity index is 2.32. The summed E-state index contributed by atoms with van der Waals surface area (Å²) < 4.78 is 0. The number of thiophene rings is 1. The first-order valence-electron chi connectivity index (χ1n) is 8.33. The average molecular weight is 322 g/mol. The zero-order valence-electron chi connectivity index (χ0n) is 13.5. The van der Waals surface area contributed by atoms with Gasteiger partial charge in [-0.2, -0.15) is 0 Å². The van der Waals surface area contributed by atoms with Gasteiger partial charge in [0.2, 0.25) is 5.91 Å². The van der Waals surface area contributed by atoms with E-state index in [1.165, 1.54) is 17.7 Å². The lowest BCUT2D eigenvalue weighted by Crippen LogP contribution is -2.23. The highest BCUT2D eigenvalue weighted by Gasteiger charge is 2.25. The molecule has 3 N–H and O–H groups in total. The Morgan fingerprint density at radius 2 is 1.77 bits per heavy atom. The monoisotopic (exact) mass is 322 g/mol. The lowest BCUT2D eigenvalue weighted by molar-refractivity contribution is -0.120. The van der Waals surface area contributed by atoms with Gasteiger partial charge in [0.25, 0.3) is 5.91 Å². The third-order valence-electron chi connectivity index (χ3n) is 4.51. The number of nitrogens with one attached hydrogen (secondary N) is 1. The topological polar surface area (TPSA) is 72.2 Å². The van der Waals surface area contributed by atoms with Crippen LogP contribution in [-0.4, -0.2) is 11.8 Å². The van der Waals surface area contributed by atoms with Crippen molar-refractivity contribution in [1.82, 2.24) is 0 Å². The van der Waals surface area contributed by atoms with Gasteiger partial charge in [0, 0.05) is 10.8 Å². The van der Waals surface area contributed by atoms with Gasteiger partial charge in [0.15, 0.2) is 0 Å². The molecule has 0 fully saturated rings. The Bertz CT molecular complexity index is 547. The molecule has 0 spiro atoms. The third kappa shape index (κ3) is 3.69. The van der Waals surface area contributed by atoms with Crippen molar-refractivity contribution in [3.63, 3.8) is 0 Å². The van der Waals surface area contributed by atoms with Crippen molar-refractivity contribution in [3.8, 4) is 0 Å². The van der Waals surface area contributed by atoms with Crippen molar-refractivity contribution in [3.05, 3.63) is 16.0 Å². The molecule has 0 atom stereocenters. The molecule has 5 heteroatoms. The summed E-state index contributed by atoms with van der Waals surface area (Å²) in [5.41, 5.74) is 7.24. The van der Waals surface area contributed by atoms with Crippen molar-refractivity contribution in [2.24, 2.45) is 11.7 Å². The molecule has 0 saturated heterocycles. The molecule has 0 saturated carbocycles. The maximum atomic E-state index is 12.3. The highest BCUT2D eigenvalue weighted by molar-refractivity contribution is 7.17. The lowest BCUT2D eigenvalue weighted by Gasteiger charge is -2.13. The molecule has 0 aliphatic heterocycles. The number of rotatable bonds is 5. The number of aryl methyl sites for hydroxylation is 1. The molecule has 1 aromatic heterocycles. The van der Waals surface area contributed by atoms with Crippen LogP contribution in [0.2, 0.25) is 0 Å². The predicted octanol–water partition coefficient (Wildman–Crippen LogP) is 3.88. The second-order valence-corrected chi connectivity index (χ2v) is 7.09. The van der Waals surface area contributed by atoms with E-state index in [1.807, 2.05) is 13.8 Å². The molecule has 2 amide bonds. The Morgan fingerprint density at radius 3 is 2.36 bits per heavy atom. The second-order valence-electron chi connectivity index (χ2n) is 5.99. The summed E-state index contributed by atoms with van der Waals surface area (Å²) in [7, 11) is 0. The highest BCUT2D eigenvalue weighted by atomic mass is 32.1. The minimum atomic E-state index is -0.419. The van der Waals surface area contributed by atoms with Gasteiger partial charge in [-0.15, -0.1) is 11.3 Å². The zero-order chi connectivity index (χ0) is 16.1. The van der Waals surface area contributed by atoms with Crippen molar-refractivity contribution in [2.75, 3.05) is 5.32 Å². The van der Waals surface area contributed by atoms with Gasteiger partial charge in [-0.25, -0.2) is 0 Å². The first-order chi connectivity index (χ1) is 10.6. The molecule has 4 nitrogen and oxygen atoms in total. The fourth-order valence-corrected chi connectivity index (χ4v) is 4.44. The predicted molar refractivity (Wildman–Crippen MR) is 91.4 cm³/mol. The molecule has 0 aromatic carbocycles. The molecule has 0 radical (unpaired) electrons. The normalized spacial score (nSPS) is 15.0. The minimum absolute atomic E-state index is 0.00159. The molecule has 1 heterocycles. The fraction of sp³-hybridized carbons (Fsp3) is 0.647. The van der Waals surface area contributed by atoms with E-state index in [-0.39, 0.29) is 11.8 Å². The van der Waals surface area contributed by atoms with E-state index in [0.29, 0.717) is 10.6 Å². The Labute approximate surface area is 136 Å². The summed E-state index contributed by atoms with van der Waals surface area (Å²) in [6.07, 6.45) is 8.15. The third-order valence-corrected chi connectivity index (χ3v) is 5.72. The van der Waals surface area contributed by atoms with Crippen LogP contribution < -0.4 is 11.1 Å². The standard InChI is InChI=1S/C17H26N2O2S/c1-3-11(4-2)16(21)19-17-14(15(18)20)12-9-7-5-6-8-10-13(12)22-17/h11H,3-10H2,1-2H3,(H2,18,20)(H,19,21). The molecular weight excluding hydrogens is 296 g/mol. The van der Waals surface area contributed by atoms with Crippen LogP contribution in [0.1, 0.15) is 73.2 Å². The molecule has 122 valence electrons. The van der Waals surface area contributed by atoms with Gasteiger partial charge in [-0.1, -0.05) is 26.7 Å². The van der Waals surface area contributed by atoms with E-state index in [4.69, 9.17) is 5.73 Å². The summed E-state index contributed by atoms with van der Waals surface area (Å²) in [6.45, 7) is 4.02. The van der Waals surface area contributed by atoms with Crippen molar-refractivity contribution >= 4 is 28.2 Å². The number of nitrogens with two attached hydrogens (primary N) is 1. The molecular formula is C17H26N2O2S. The molecule has 22 heavy (non-hydrogen) atoms. The van der Waals surface area contributed by atoms with Crippen molar-refractivity contribution < 1.29 is 9.59 Å². The molecule has 1 aromatic rings.